The Kier molecular flexibility index (Phi) is 15.3. The molecule has 0 radical (unpaired) electrons. The van der Waals surface area contributed by atoms with Gasteiger partial charge in [-0.2, -0.15) is 4.99 Å². The molecule has 0 saturated heterocycles. The number of thiocarbonyl (C=S) groups is 2. The Balaban J connectivity index is 0.000000223. The minimum Gasteiger partial charge on any atom is -0.359 e. The first-order valence-corrected chi connectivity index (χ1v) is 22.3. The Morgan fingerprint density at radius 3 is 2.15 bits per heavy atom. The number of fused-ring (bicyclic) bond motifs is 3. The molecule has 4 aromatic carbocycles. The van der Waals surface area contributed by atoms with Crippen LogP contribution in [-0.2, 0) is 19.4 Å². The molecule has 324 valence electrons. The van der Waals surface area contributed by atoms with E-state index >= 15 is 0 Å². The fourth-order valence-electron chi connectivity index (χ4n) is 8.44. The molecule has 3 aliphatic carbocycles. The van der Waals surface area contributed by atoms with Gasteiger partial charge >= 0.3 is 11.7 Å². The highest BCUT2D eigenvalue weighted by Crippen LogP contribution is 2.61. The Bertz CT molecular complexity index is 2680. The number of halogens is 4. The Labute approximate surface area is 390 Å². The summed E-state index contributed by atoms with van der Waals surface area (Å²) < 4.78 is 1.15. The molecule has 2 bridgehead atoms. The van der Waals surface area contributed by atoms with Gasteiger partial charge in [0.05, 0.1) is 21.8 Å². The lowest BCUT2D eigenvalue weighted by atomic mass is 9.45. The summed E-state index contributed by atoms with van der Waals surface area (Å²) in [6.07, 6.45) is 3.29. The summed E-state index contributed by atoms with van der Waals surface area (Å²) in [4.78, 5) is 58.2. The second-order valence-corrected chi connectivity index (χ2v) is 18.3. The molecule has 1 aromatic heterocycles. The van der Waals surface area contributed by atoms with E-state index in [2.05, 4.69) is 64.1 Å². The second kappa shape index (κ2) is 20.3. The normalized spacial score (nSPS) is 18.3. The highest BCUT2D eigenvalue weighted by atomic mass is 35.5. The van der Waals surface area contributed by atoms with Crippen LogP contribution in [0.2, 0.25) is 20.1 Å². The van der Waals surface area contributed by atoms with E-state index < -0.39 is 17.6 Å². The lowest BCUT2D eigenvalue weighted by Crippen LogP contribution is -2.61. The molecule has 4 N–H and O–H groups in total. The van der Waals surface area contributed by atoms with Gasteiger partial charge in [0.15, 0.2) is 5.11 Å². The zero-order chi connectivity index (χ0) is 44.9. The first-order chi connectivity index (χ1) is 29.5. The first-order valence-electron chi connectivity index (χ1n) is 19.9. The lowest BCUT2D eigenvalue weighted by molar-refractivity contribution is -0.111. The van der Waals surface area contributed by atoms with Crippen molar-refractivity contribution in [3.8, 4) is 0 Å². The van der Waals surface area contributed by atoms with Crippen LogP contribution in [0.5, 0.6) is 0 Å². The van der Waals surface area contributed by atoms with E-state index in [1.165, 1.54) is 18.4 Å². The average Bonchev–Trinajstić information content (AvgIpc) is 3.23. The number of nitrogens with zero attached hydrogens (tertiary/aromatic N) is 3. The van der Waals surface area contributed by atoms with Crippen molar-refractivity contribution < 1.29 is 9.59 Å². The monoisotopic (exact) mass is 951 g/mol. The quantitative estimate of drug-likeness (QED) is 0.0801. The molecule has 3 aliphatic rings. The van der Waals surface area contributed by atoms with Crippen LogP contribution >= 0.6 is 70.8 Å². The zero-order valence-electron chi connectivity index (χ0n) is 34.4. The Morgan fingerprint density at radius 1 is 0.919 bits per heavy atom. The van der Waals surface area contributed by atoms with E-state index in [-0.39, 0.29) is 18.6 Å². The Hall–Kier alpha value is -4.59. The van der Waals surface area contributed by atoms with Gasteiger partial charge in [0.2, 0.25) is 0 Å². The molecule has 8 rings (SSSR count). The van der Waals surface area contributed by atoms with E-state index in [0.29, 0.717) is 77.6 Å². The minimum atomic E-state index is -0.494. The second-order valence-electron chi connectivity index (χ2n) is 16.0. The van der Waals surface area contributed by atoms with Crippen LogP contribution in [0, 0.1) is 23.2 Å². The summed E-state index contributed by atoms with van der Waals surface area (Å²) in [5.41, 5.74) is 3.28. The molecule has 0 unspecified atom stereocenters. The number of imide groups is 1. The number of nitrogens with one attached hydrogen (secondary N) is 4. The molecule has 4 atom stereocenters. The van der Waals surface area contributed by atoms with Crippen LogP contribution in [0.1, 0.15) is 55.1 Å². The van der Waals surface area contributed by atoms with Crippen LogP contribution in [0.25, 0.3) is 10.9 Å². The third-order valence-corrected chi connectivity index (χ3v) is 13.6. The van der Waals surface area contributed by atoms with Gasteiger partial charge in [0.25, 0.3) is 11.5 Å². The third kappa shape index (κ3) is 10.8. The summed E-state index contributed by atoms with van der Waals surface area (Å²) in [7, 11) is 1.50. The molecule has 3 fully saturated rings. The molecule has 5 aromatic rings. The van der Waals surface area contributed by atoms with E-state index in [4.69, 9.17) is 58.6 Å². The highest BCUT2D eigenvalue weighted by molar-refractivity contribution is 7.80. The van der Waals surface area contributed by atoms with Crippen molar-refractivity contribution in [3.05, 3.63) is 136 Å². The fraction of sp³-hybridized carbons (Fsp3) is 0.333. The van der Waals surface area contributed by atoms with Gasteiger partial charge in [-0.3, -0.25) is 19.1 Å². The van der Waals surface area contributed by atoms with E-state index in [1.54, 1.807) is 78.9 Å². The van der Waals surface area contributed by atoms with E-state index in [0.717, 1.165) is 39.6 Å². The van der Waals surface area contributed by atoms with Crippen molar-refractivity contribution >= 4 is 115 Å². The molecule has 3 amide bonds. The van der Waals surface area contributed by atoms with Crippen LogP contribution in [0.15, 0.2) is 93.4 Å². The predicted octanol–water partition coefficient (Wildman–Crippen LogP) is 10.3. The van der Waals surface area contributed by atoms with Gasteiger partial charge in [-0.25, -0.2) is 9.59 Å². The summed E-state index contributed by atoms with van der Waals surface area (Å²) in [5.74, 6) is 1.65. The van der Waals surface area contributed by atoms with E-state index in [1.807, 2.05) is 0 Å². The van der Waals surface area contributed by atoms with Crippen molar-refractivity contribution in [2.75, 3.05) is 18.9 Å². The third-order valence-electron chi connectivity index (χ3n) is 12.1. The number of carbonyl (C=O) groups is 2. The molecule has 62 heavy (non-hydrogen) atoms. The van der Waals surface area contributed by atoms with Crippen molar-refractivity contribution in [2.45, 2.75) is 59.0 Å². The number of aliphatic imine (C=N–C) groups is 1. The number of aromatic nitrogens is 2. The number of isothiocyanates is 1. The number of anilines is 1. The van der Waals surface area contributed by atoms with Gasteiger partial charge in [0.1, 0.15) is 0 Å². The number of amides is 3. The smallest absolute Gasteiger partial charge is 0.328 e. The number of H-pyrrole nitrogens is 1. The number of carbonyl (C=O) groups excluding carboxylic acids is 2. The maximum Gasteiger partial charge on any atom is 0.328 e. The number of aryl methyl sites for hydroxylation is 1. The molecule has 3 saturated carbocycles. The maximum atomic E-state index is 13.2. The summed E-state index contributed by atoms with van der Waals surface area (Å²) in [6, 6.07) is 22.0. The lowest BCUT2D eigenvalue weighted by Gasteiger charge is -2.62. The number of aromatic amines is 1. The van der Waals surface area contributed by atoms with Crippen LogP contribution < -0.4 is 27.2 Å². The summed E-state index contributed by atoms with van der Waals surface area (Å²) in [5, 5.41) is 14.6. The van der Waals surface area contributed by atoms with Crippen LogP contribution in [-0.4, -0.2) is 56.3 Å². The van der Waals surface area contributed by atoms with Crippen LogP contribution in [0.3, 0.4) is 0 Å². The number of rotatable bonds is 10. The van der Waals surface area contributed by atoms with Crippen molar-refractivity contribution in [1.29, 1.82) is 0 Å². The molecular weight excluding hydrogens is 908 g/mol. The Morgan fingerprint density at radius 2 is 1.56 bits per heavy atom. The zero-order valence-corrected chi connectivity index (χ0v) is 39.0. The average molecular weight is 954 g/mol. The number of urea groups is 1. The van der Waals surface area contributed by atoms with Crippen LogP contribution in [0.4, 0.5) is 16.2 Å². The van der Waals surface area contributed by atoms with Gasteiger partial charge in [-0.15, -0.1) is 0 Å². The van der Waals surface area contributed by atoms with Gasteiger partial charge in [-0.1, -0.05) is 79.3 Å². The standard InChI is InChI=1S/C28H34Cl2N4O2S.C17H11Cl2N3O2S/c1-16-22-13-19(28(22,2)3)14-24(16)33-26(37)32-21-9-6-18(7-10-21)25(35)34(27(36)31-4)12-11-17-5-8-20(29)15-23(17)30;18-11-2-1-10(14(19)7-11)5-6-22-16(23)13-4-3-12(20-9-25)8-15(13)21-17(22)24/h5-10,15-16,19,22,24H,11-14H2,1-4H3,(H,31,36)(H2,32,33,37);1-4,7-8H,5-6H2,(H,21,24)/t16-,19+,22-,24-;/m0./s1. The fourth-order valence-corrected chi connectivity index (χ4v) is 9.82. The maximum absolute atomic E-state index is 13.2. The SMILES string of the molecule is CNC(=O)N(CCc1ccc(Cl)cc1Cl)C(=O)c1ccc(NC(=S)N[C@H]2C[C@H]3C[C@@H]([C@@H]2C)C3(C)C)cc1.O=c1[nH]c2cc(N=C=S)ccc2c(=O)n1CCc1ccc(Cl)cc1Cl. The molecular formula is C45H45Cl4N7O4S2. The van der Waals surface area contributed by atoms with Crippen molar-refractivity contribution in [1.82, 2.24) is 25.1 Å². The van der Waals surface area contributed by atoms with Gasteiger partial charge in [-0.05, 0) is 151 Å². The molecule has 17 heteroatoms. The molecule has 1 heterocycles. The van der Waals surface area contributed by atoms with Crippen molar-refractivity contribution in [3.63, 3.8) is 0 Å². The highest BCUT2D eigenvalue weighted by Gasteiger charge is 2.56. The number of hydrogen-bond donors (Lipinski definition) is 4. The van der Waals surface area contributed by atoms with Gasteiger partial charge in [0, 0.05) is 57.5 Å². The molecule has 0 spiro atoms. The van der Waals surface area contributed by atoms with Gasteiger partial charge < -0.3 is 20.9 Å². The van der Waals surface area contributed by atoms with E-state index in [9.17, 15) is 19.2 Å². The minimum absolute atomic E-state index is 0.173. The number of hydrogen-bond acceptors (Lipinski definition) is 7. The number of benzene rings is 4. The van der Waals surface area contributed by atoms with Crippen molar-refractivity contribution in [2.24, 2.45) is 28.2 Å². The molecule has 11 nitrogen and oxygen atoms in total. The largest absolute Gasteiger partial charge is 0.359 e. The first kappa shape index (κ1) is 46.9. The summed E-state index contributed by atoms with van der Waals surface area (Å²) in [6.45, 7) is 7.46. The topological polar surface area (TPSA) is 141 Å². The molecule has 0 aliphatic heterocycles. The summed E-state index contributed by atoms with van der Waals surface area (Å²) >= 11 is 34.4. The predicted molar refractivity (Wildman–Crippen MR) is 258 cm³/mol.